The predicted octanol–water partition coefficient (Wildman–Crippen LogP) is -0.844. The summed E-state index contributed by atoms with van der Waals surface area (Å²) in [6.45, 7) is 3.06. The van der Waals surface area contributed by atoms with E-state index >= 15 is 0 Å². The molecule has 0 bridgehead atoms. The van der Waals surface area contributed by atoms with Gasteiger partial charge in [-0.05, 0) is 6.42 Å². The van der Waals surface area contributed by atoms with Crippen LogP contribution in [0.3, 0.4) is 0 Å². The molecule has 0 aromatic carbocycles. The second-order valence-electron chi connectivity index (χ2n) is 3.59. The Morgan fingerprint density at radius 2 is 2.11 bits per heavy atom. The minimum absolute atomic E-state index is 0.0710. The van der Waals surface area contributed by atoms with Crippen molar-refractivity contribution in [2.75, 3.05) is 37.4 Å². The largest absolute Gasteiger partial charge is 0.463 e. The molecule has 19 heavy (non-hydrogen) atoms. The summed E-state index contributed by atoms with van der Waals surface area (Å²) in [6, 6.07) is 0.176. The number of nitrogens with zero attached hydrogens (tertiary/aromatic N) is 3. The van der Waals surface area contributed by atoms with Gasteiger partial charge in [0.05, 0.1) is 13.2 Å². The van der Waals surface area contributed by atoms with E-state index in [0.29, 0.717) is 25.7 Å². The van der Waals surface area contributed by atoms with Crippen LogP contribution in [0, 0.1) is 0 Å². The van der Waals surface area contributed by atoms with E-state index in [1.54, 1.807) is 0 Å². The second-order valence-corrected chi connectivity index (χ2v) is 3.59. The van der Waals surface area contributed by atoms with Gasteiger partial charge in [-0.3, -0.25) is 4.79 Å². The lowest BCUT2D eigenvalue weighted by atomic mass is 10.5. The number of anilines is 2. The summed E-state index contributed by atoms with van der Waals surface area (Å²) in [5.41, 5.74) is 10.4. The van der Waals surface area contributed by atoms with E-state index in [1.165, 1.54) is 0 Å². The summed E-state index contributed by atoms with van der Waals surface area (Å²) in [7, 11) is 0. The van der Waals surface area contributed by atoms with Gasteiger partial charge in [0.1, 0.15) is 6.61 Å². The highest BCUT2D eigenvalue weighted by atomic mass is 16.5. The van der Waals surface area contributed by atoms with Crippen LogP contribution in [0.5, 0.6) is 6.01 Å². The highest BCUT2D eigenvalue weighted by Gasteiger charge is 2.04. The fourth-order valence-corrected chi connectivity index (χ4v) is 1.12. The Morgan fingerprint density at radius 3 is 2.79 bits per heavy atom. The normalized spacial score (nSPS) is 10.2. The molecule has 0 atom stereocenters. The number of rotatable bonds is 9. The molecule has 1 rings (SSSR count). The van der Waals surface area contributed by atoms with Crippen LogP contribution in [0.4, 0.5) is 11.9 Å². The smallest absolute Gasteiger partial charge is 0.323 e. The zero-order valence-electron chi connectivity index (χ0n) is 10.8. The molecule has 1 heterocycles. The summed E-state index contributed by atoms with van der Waals surface area (Å²) in [6.07, 6.45) is 0.843. The van der Waals surface area contributed by atoms with Gasteiger partial charge in [-0.2, -0.15) is 15.0 Å². The number of primary amides is 1. The third kappa shape index (κ3) is 6.36. The number of hydrogen-bond acceptors (Lipinski definition) is 8. The zero-order chi connectivity index (χ0) is 14.1. The van der Waals surface area contributed by atoms with E-state index in [-0.39, 0.29) is 18.6 Å². The molecule has 9 nitrogen and oxygen atoms in total. The van der Waals surface area contributed by atoms with Crippen LogP contribution in [0.2, 0.25) is 0 Å². The lowest BCUT2D eigenvalue weighted by molar-refractivity contribution is -0.122. The van der Waals surface area contributed by atoms with Crippen LogP contribution in [0.25, 0.3) is 0 Å². The standard InChI is InChI=1S/C10H18N6O3/c1-2-4-19-10-15-8(12)14-9(16-10)13-3-5-18-6-7(11)17/h2-6H2,1H3,(H2,11,17)(H3,12,13,14,15,16). The van der Waals surface area contributed by atoms with Crippen molar-refractivity contribution in [2.24, 2.45) is 5.73 Å². The van der Waals surface area contributed by atoms with Gasteiger partial charge in [-0.1, -0.05) is 6.92 Å². The second kappa shape index (κ2) is 8.03. The Kier molecular flexibility index (Phi) is 6.30. The number of ether oxygens (including phenoxy) is 2. The van der Waals surface area contributed by atoms with Crippen molar-refractivity contribution in [3.63, 3.8) is 0 Å². The van der Waals surface area contributed by atoms with Crippen LogP contribution >= 0.6 is 0 Å². The van der Waals surface area contributed by atoms with E-state index in [0.717, 1.165) is 6.42 Å². The highest BCUT2D eigenvalue weighted by Crippen LogP contribution is 2.08. The number of nitrogen functional groups attached to an aromatic ring is 1. The topological polar surface area (TPSA) is 138 Å². The molecule has 0 fully saturated rings. The average Bonchev–Trinajstić information content (AvgIpc) is 2.35. The number of nitrogens with one attached hydrogen (secondary N) is 1. The third-order valence-electron chi connectivity index (χ3n) is 1.84. The molecule has 5 N–H and O–H groups in total. The lowest BCUT2D eigenvalue weighted by Gasteiger charge is -2.07. The van der Waals surface area contributed by atoms with Gasteiger partial charge < -0.3 is 26.3 Å². The maximum absolute atomic E-state index is 10.4. The Balaban J connectivity index is 2.40. The van der Waals surface area contributed by atoms with Crippen molar-refractivity contribution in [1.29, 1.82) is 0 Å². The van der Waals surface area contributed by atoms with E-state index in [2.05, 4.69) is 20.3 Å². The fraction of sp³-hybridized carbons (Fsp3) is 0.600. The van der Waals surface area contributed by atoms with Crippen LogP contribution in [0.15, 0.2) is 0 Å². The molecule has 0 saturated heterocycles. The Morgan fingerprint density at radius 1 is 1.32 bits per heavy atom. The van der Waals surface area contributed by atoms with Gasteiger partial charge in [-0.25, -0.2) is 0 Å². The van der Waals surface area contributed by atoms with Crippen molar-refractivity contribution in [1.82, 2.24) is 15.0 Å². The van der Waals surface area contributed by atoms with E-state index in [9.17, 15) is 4.79 Å². The summed E-state index contributed by atoms with van der Waals surface area (Å²) >= 11 is 0. The number of nitrogens with two attached hydrogens (primary N) is 2. The Hall–Kier alpha value is -2.16. The quantitative estimate of drug-likeness (QED) is 0.493. The first-order valence-electron chi connectivity index (χ1n) is 5.86. The minimum Gasteiger partial charge on any atom is -0.463 e. The first-order chi connectivity index (χ1) is 9.11. The number of carbonyl (C=O) groups excluding carboxylic acids is 1. The Bertz CT molecular complexity index is 414. The molecule has 1 aromatic heterocycles. The molecule has 9 heteroatoms. The van der Waals surface area contributed by atoms with Crippen molar-refractivity contribution >= 4 is 17.8 Å². The number of amides is 1. The van der Waals surface area contributed by atoms with Gasteiger partial charge in [0.25, 0.3) is 0 Å². The number of carbonyl (C=O) groups is 1. The molecule has 1 aromatic rings. The molecule has 0 aliphatic heterocycles. The average molecular weight is 270 g/mol. The summed E-state index contributed by atoms with van der Waals surface area (Å²) in [5.74, 6) is -0.150. The predicted molar refractivity (Wildman–Crippen MR) is 68.5 cm³/mol. The lowest BCUT2D eigenvalue weighted by Crippen LogP contribution is -2.21. The highest BCUT2D eigenvalue weighted by molar-refractivity contribution is 5.74. The van der Waals surface area contributed by atoms with Crippen molar-refractivity contribution < 1.29 is 14.3 Å². The molecule has 0 aliphatic rings. The molecular formula is C10H18N6O3. The fourth-order valence-electron chi connectivity index (χ4n) is 1.12. The maximum Gasteiger partial charge on any atom is 0.323 e. The van der Waals surface area contributed by atoms with Crippen LogP contribution in [-0.2, 0) is 9.53 Å². The van der Waals surface area contributed by atoms with Crippen molar-refractivity contribution in [3.8, 4) is 6.01 Å². The summed E-state index contributed by atoms with van der Waals surface area (Å²) in [4.78, 5) is 22.2. The zero-order valence-corrected chi connectivity index (χ0v) is 10.8. The SMILES string of the molecule is CCCOc1nc(N)nc(NCCOCC(N)=O)n1. The van der Waals surface area contributed by atoms with Gasteiger partial charge in [-0.15, -0.1) is 0 Å². The van der Waals surface area contributed by atoms with Crippen LogP contribution in [-0.4, -0.2) is 47.2 Å². The first kappa shape index (κ1) is 14.9. The van der Waals surface area contributed by atoms with E-state index in [1.807, 2.05) is 6.92 Å². The molecule has 0 radical (unpaired) electrons. The van der Waals surface area contributed by atoms with Crippen molar-refractivity contribution in [2.45, 2.75) is 13.3 Å². The van der Waals surface area contributed by atoms with Gasteiger partial charge >= 0.3 is 6.01 Å². The van der Waals surface area contributed by atoms with E-state index in [4.69, 9.17) is 20.9 Å². The number of aromatic nitrogens is 3. The first-order valence-corrected chi connectivity index (χ1v) is 5.86. The van der Waals surface area contributed by atoms with Gasteiger partial charge in [0.2, 0.25) is 17.8 Å². The van der Waals surface area contributed by atoms with E-state index < -0.39 is 5.91 Å². The molecule has 0 unspecified atom stereocenters. The molecule has 0 aliphatic carbocycles. The third-order valence-corrected chi connectivity index (χ3v) is 1.84. The summed E-state index contributed by atoms with van der Waals surface area (Å²) in [5, 5.41) is 2.88. The molecule has 0 spiro atoms. The Labute approximate surface area is 110 Å². The van der Waals surface area contributed by atoms with Crippen molar-refractivity contribution in [3.05, 3.63) is 0 Å². The molecule has 1 amide bonds. The molecule has 0 saturated carbocycles. The molecule has 106 valence electrons. The number of hydrogen-bond donors (Lipinski definition) is 3. The minimum atomic E-state index is -0.514. The van der Waals surface area contributed by atoms with Gasteiger partial charge in [0, 0.05) is 6.54 Å². The van der Waals surface area contributed by atoms with Crippen LogP contribution < -0.4 is 21.5 Å². The van der Waals surface area contributed by atoms with Crippen LogP contribution in [0.1, 0.15) is 13.3 Å². The van der Waals surface area contributed by atoms with Gasteiger partial charge in [0.15, 0.2) is 0 Å². The monoisotopic (exact) mass is 270 g/mol. The summed E-state index contributed by atoms with van der Waals surface area (Å²) < 4.78 is 10.2. The maximum atomic E-state index is 10.4. The molecular weight excluding hydrogens is 252 g/mol.